The summed E-state index contributed by atoms with van der Waals surface area (Å²) in [4.78, 5) is 21.3. The van der Waals surface area contributed by atoms with E-state index in [9.17, 15) is 9.90 Å². The molecule has 0 spiro atoms. The molecule has 0 amide bonds. The van der Waals surface area contributed by atoms with Gasteiger partial charge < -0.3 is 14.6 Å². The van der Waals surface area contributed by atoms with E-state index in [2.05, 4.69) is 9.97 Å². The molecule has 0 saturated carbocycles. The van der Waals surface area contributed by atoms with E-state index in [1.54, 1.807) is 40.1 Å². The van der Waals surface area contributed by atoms with Crippen LogP contribution in [0, 0.1) is 6.92 Å². The second kappa shape index (κ2) is 6.46. The van der Waals surface area contributed by atoms with Crippen molar-refractivity contribution >= 4 is 11.4 Å². The molecule has 1 aromatic heterocycles. The molecule has 1 aliphatic heterocycles. The second-order valence-electron chi connectivity index (χ2n) is 7.66. The fourth-order valence-electron chi connectivity index (χ4n) is 3.33. The highest BCUT2D eigenvalue weighted by atomic mass is 16.5. The second-order valence-corrected chi connectivity index (χ2v) is 7.66. The molecule has 27 heavy (non-hydrogen) atoms. The number of carbonyl (C=O) groups excluding carboxylic acids is 1. The summed E-state index contributed by atoms with van der Waals surface area (Å²) in [5, 5.41) is 10.8. The van der Waals surface area contributed by atoms with Crippen LogP contribution in [0.3, 0.4) is 0 Å². The normalized spacial score (nSPS) is 18.5. The number of Topliss-reactive ketones (excluding diaryl/α,β-unsaturated/α-hetero) is 1. The number of aromatic nitrogens is 2. The largest absolute Gasteiger partial charge is 0.508 e. The van der Waals surface area contributed by atoms with Gasteiger partial charge in [-0.15, -0.1) is 0 Å². The predicted octanol–water partition coefficient (Wildman–Crippen LogP) is 3.89. The Kier molecular flexibility index (Phi) is 4.56. The molecule has 1 aliphatic rings. The molecule has 1 aromatic carbocycles. The lowest BCUT2D eigenvalue weighted by atomic mass is 9.81. The Morgan fingerprint density at radius 1 is 1.04 bits per heavy atom. The van der Waals surface area contributed by atoms with Crippen LogP contribution in [-0.2, 0) is 9.53 Å². The van der Waals surface area contributed by atoms with Gasteiger partial charge in [-0.1, -0.05) is 12.1 Å². The van der Waals surface area contributed by atoms with E-state index in [0.717, 1.165) is 16.7 Å². The van der Waals surface area contributed by atoms with Crippen LogP contribution in [0.25, 0.3) is 16.7 Å². The maximum atomic E-state index is 13.0. The number of ether oxygens (including phenoxy) is 2. The first-order valence-electron chi connectivity index (χ1n) is 8.73. The maximum Gasteiger partial charge on any atom is 0.316 e. The molecular weight excluding hydrogens is 344 g/mol. The van der Waals surface area contributed by atoms with Crippen molar-refractivity contribution in [2.45, 2.75) is 45.8 Å². The van der Waals surface area contributed by atoms with E-state index >= 15 is 0 Å². The van der Waals surface area contributed by atoms with Gasteiger partial charge in [0.1, 0.15) is 17.0 Å². The molecule has 0 unspecified atom stereocenters. The Morgan fingerprint density at radius 2 is 1.67 bits per heavy atom. The van der Waals surface area contributed by atoms with Gasteiger partial charge in [0.05, 0.1) is 12.7 Å². The number of aryl methyl sites for hydroxylation is 1. The van der Waals surface area contributed by atoms with E-state index in [4.69, 9.17) is 9.47 Å². The topological polar surface area (TPSA) is 81.5 Å². The Hall–Kier alpha value is -2.73. The number of benzene rings is 1. The minimum atomic E-state index is -1.03. The lowest BCUT2D eigenvalue weighted by Crippen LogP contribution is -2.49. The highest BCUT2D eigenvalue weighted by Crippen LogP contribution is 2.41. The van der Waals surface area contributed by atoms with Crippen molar-refractivity contribution in [3.63, 3.8) is 0 Å². The fraction of sp³-hybridized carbons (Fsp3) is 0.381. The Bertz CT molecular complexity index is 928. The van der Waals surface area contributed by atoms with Crippen molar-refractivity contribution in [3.05, 3.63) is 47.5 Å². The lowest BCUT2D eigenvalue weighted by molar-refractivity contribution is -0.158. The average molecular weight is 368 g/mol. The summed E-state index contributed by atoms with van der Waals surface area (Å²) in [5.41, 5.74) is 1.50. The van der Waals surface area contributed by atoms with Crippen molar-refractivity contribution in [3.8, 4) is 17.1 Å². The summed E-state index contributed by atoms with van der Waals surface area (Å²) in [7, 11) is 1.51. The van der Waals surface area contributed by atoms with Crippen LogP contribution in [-0.4, -0.2) is 39.2 Å². The van der Waals surface area contributed by atoms with Crippen molar-refractivity contribution in [1.82, 2.24) is 9.97 Å². The Morgan fingerprint density at radius 3 is 2.26 bits per heavy atom. The van der Waals surface area contributed by atoms with Crippen molar-refractivity contribution in [2.75, 3.05) is 7.11 Å². The molecule has 1 N–H and O–H groups in total. The van der Waals surface area contributed by atoms with Crippen LogP contribution in [0.2, 0.25) is 0 Å². The zero-order valence-electron chi connectivity index (χ0n) is 16.5. The first-order valence-corrected chi connectivity index (χ1v) is 8.73. The third kappa shape index (κ3) is 3.32. The Labute approximate surface area is 158 Å². The quantitative estimate of drug-likeness (QED) is 0.885. The molecule has 6 heteroatoms. The van der Waals surface area contributed by atoms with E-state index < -0.39 is 11.2 Å². The molecule has 0 bridgehead atoms. The molecule has 0 aliphatic carbocycles. The number of carbonyl (C=O) groups is 1. The minimum Gasteiger partial charge on any atom is -0.508 e. The number of aliphatic hydroxyl groups is 1. The molecule has 3 rings (SSSR count). The molecule has 2 heterocycles. The summed E-state index contributed by atoms with van der Waals surface area (Å²) in [6.45, 7) is 8.87. The van der Waals surface area contributed by atoms with Gasteiger partial charge in [0.25, 0.3) is 0 Å². The third-order valence-corrected chi connectivity index (χ3v) is 4.74. The van der Waals surface area contributed by atoms with E-state index in [-0.39, 0.29) is 17.6 Å². The van der Waals surface area contributed by atoms with Crippen LogP contribution >= 0.6 is 0 Å². The smallest absolute Gasteiger partial charge is 0.316 e. The zero-order chi connectivity index (χ0) is 20.0. The predicted molar refractivity (Wildman–Crippen MR) is 103 cm³/mol. The summed E-state index contributed by atoms with van der Waals surface area (Å²) >= 11 is 0. The SMILES string of the molecule is COc1ncc(-c2ccc(C)c(C3=C(O)C(C)(C)OC(C)(C)C3=O)c2)cn1. The number of ketones is 1. The third-order valence-electron chi connectivity index (χ3n) is 4.74. The number of hydrogen-bond donors (Lipinski definition) is 1. The van der Waals surface area contributed by atoms with Crippen molar-refractivity contribution in [2.24, 2.45) is 0 Å². The number of rotatable bonds is 3. The molecule has 0 atom stereocenters. The van der Waals surface area contributed by atoms with Gasteiger partial charge in [0.2, 0.25) is 0 Å². The van der Waals surface area contributed by atoms with Gasteiger partial charge in [-0.2, -0.15) is 0 Å². The van der Waals surface area contributed by atoms with E-state index in [0.29, 0.717) is 11.1 Å². The average Bonchev–Trinajstić information content (AvgIpc) is 2.61. The molecule has 0 fully saturated rings. The molecular formula is C21H24N2O4. The maximum absolute atomic E-state index is 13.0. The monoisotopic (exact) mass is 368 g/mol. The van der Waals surface area contributed by atoms with Gasteiger partial charge >= 0.3 is 6.01 Å². The highest BCUT2D eigenvalue weighted by Gasteiger charge is 2.47. The Balaban J connectivity index is 2.17. The van der Waals surface area contributed by atoms with Gasteiger partial charge in [-0.05, 0) is 57.4 Å². The van der Waals surface area contributed by atoms with Crippen LogP contribution in [0.5, 0.6) is 6.01 Å². The standard InChI is InChI=1S/C21H24N2O4/c1-12-7-8-13(14-10-22-19(26-6)23-11-14)9-15(12)16-17(24)20(2,3)27-21(4,5)18(16)25/h7-11,24H,1-6H3. The van der Waals surface area contributed by atoms with Gasteiger partial charge in [-0.25, -0.2) is 9.97 Å². The molecule has 0 radical (unpaired) electrons. The van der Waals surface area contributed by atoms with Crippen LogP contribution in [0.4, 0.5) is 0 Å². The first kappa shape index (κ1) is 19.0. The summed E-state index contributed by atoms with van der Waals surface area (Å²) in [6, 6.07) is 6.01. The number of methoxy groups -OCH3 is 1. The van der Waals surface area contributed by atoms with Crippen LogP contribution < -0.4 is 4.74 Å². The summed E-state index contributed by atoms with van der Waals surface area (Å²) < 4.78 is 10.8. The summed E-state index contributed by atoms with van der Waals surface area (Å²) in [6.07, 6.45) is 3.32. The molecule has 0 saturated heterocycles. The zero-order valence-corrected chi connectivity index (χ0v) is 16.5. The summed E-state index contributed by atoms with van der Waals surface area (Å²) in [5.74, 6) is -0.302. The van der Waals surface area contributed by atoms with Crippen molar-refractivity contribution < 1.29 is 19.4 Å². The molecule has 142 valence electrons. The minimum absolute atomic E-state index is 0.0574. The highest BCUT2D eigenvalue weighted by molar-refractivity contribution is 6.26. The van der Waals surface area contributed by atoms with Gasteiger partial charge in [-0.3, -0.25) is 4.79 Å². The number of aliphatic hydroxyl groups excluding tert-OH is 1. The lowest BCUT2D eigenvalue weighted by Gasteiger charge is -2.40. The molecule has 2 aromatic rings. The number of hydrogen-bond acceptors (Lipinski definition) is 6. The number of nitrogens with zero attached hydrogens (tertiary/aromatic N) is 2. The first-order chi connectivity index (χ1) is 12.6. The van der Waals surface area contributed by atoms with E-state index in [1.165, 1.54) is 7.11 Å². The van der Waals surface area contributed by atoms with Gasteiger partial charge in [0.15, 0.2) is 5.78 Å². The van der Waals surface area contributed by atoms with Crippen LogP contribution in [0.1, 0.15) is 38.8 Å². The van der Waals surface area contributed by atoms with Crippen LogP contribution in [0.15, 0.2) is 36.4 Å². The molecule has 6 nitrogen and oxygen atoms in total. The fourth-order valence-corrected chi connectivity index (χ4v) is 3.33. The van der Waals surface area contributed by atoms with Crippen molar-refractivity contribution in [1.29, 1.82) is 0 Å². The van der Waals surface area contributed by atoms with Gasteiger partial charge in [0, 0.05) is 18.0 Å². The van der Waals surface area contributed by atoms with E-state index in [1.807, 2.05) is 25.1 Å².